The first-order valence-electron chi connectivity index (χ1n) is 11.0. The van der Waals surface area contributed by atoms with Crippen LogP contribution in [0.4, 0.5) is 4.39 Å². The summed E-state index contributed by atoms with van der Waals surface area (Å²) in [5, 5.41) is 14.0. The molecule has 34 heavy (non-hydrogen) atoms. The van der Waals surface area contributed by atoms with Crippen LogP contribution in [-0.4, -0.2) is 28.5 Å². The summed E-state index contributed by atoms with van der Waals surface area (Å²) in [6, 6.07) is 17.4. The number of hydrogen-bond donors (Lipinski definition) is 2. The van der Waals surface area contributed by atoms with Gasteiger partial charge in [-0.25, -0.2) is 4.39 Å². The molecule has 1 amide bonds. The van der Waals surface area contributed by atoms with Crippen LogP contribution < -0.4 is 10.1 Å². The fourth-order valence-corrected chi connectivity index (χ4v) is 3.98. The molecule has 0 fully saturated rings. The van der Waals surface area contributed by atoms with Gasteiger partial charge in [-0.15, -0.1) is 0 Å². The number of nitrogens with one attached hydrogen (secondary N) is 1. The van der Waals surface area contributed by atoms with Crippen LogP contribution >= 0.6 is 0 Å². The third-order valence-corrected chi connectivity index (χ3v) is 5.93. The lowest BCUT2D eigenvalue weighted by molar-refractivity contribution is -0.0629. The van der Waals surface area contributed by atoms with E-state index in [4.69, 9.17) is 4.74 Å². The number of ketones is 1. The third-order valence-electron chi connectivity index (χ3n) is 5.93. The number of aliphatic hydroxyl groups is 1. The minimum atomic E-state index is -1.10. The number of ether oxygens (including phenoxy) is 1. The van der Waals surface area contributed by atoms with E-state index in [0.29, 0.717) is 22.4 Å². The largest absolute Gasteiger partial charge is 0.484 e. The van der Waals surface area contributed by atoms with E-state index < -0.39 is 29.5 Å². The van der Waals surface area contributed by atoms with Crippen LogP contribution in [-0.2, 0) is 0 Å². The normalized spacial score (nSPS) is 18.7. The highest BCUT2D eigenvalue weighted by molar-refractivity contribution is 5.97. The van der Waals surface area contributed by atoms with Gasteiger partial charge in [0.1, 0.15) is 23.3 Å². The molecule has 1 aliphatic rings. The Morgan fingerprint density at radius 1 is 1.00 bits per heavy atom. The van der Waals surface area contributed by atoms with Gasteiger partial charge in [0.25, 0.3) is 5.91 Å². The molecule has 3 aromatic rings. The van der Waals surface area contributed by atoms with Crippen molar-refractivity contribution in [3.8, 4) is 5.75 Å². The molecule has 2 atom stereocenters. The number of rotatable bonds is 5. The second kappa shape index (κ2) is 9.23. The van der Waals surface area contributed by atoms with Gasteiger partial charge < -0.3 is 15.2 Å². The van der Waals surface area contributed by atoms with Crippen molar-refractivity contribution in [3.63, 3.8) is 0 Å². The van der Waals surface area contributed by atoms with E-state index in [-0.39, 0.29) is 11.3 Å². The van der Waals surface area contributed by atoms with Gasteiger partial charge in [0.2, 0.25) is 0 Å². The van der Waals surface area contributed by atoms with E-state index in [1.165, 1.54) is 31.2 Å². The van der Waals surface area contributed by atoms with E-state index in [9.17, 15) is 19.1 Å². The van der Waals surface area contributed by atoms with Crippen molar-refractivity contribution >= 4 is 23.8 Å². The molecule has 174 valence electrons. The van der Waals surface area contributed by atoms with Gasteiger partial charge >= 0.3 is 0 Å². The van der Waals surface area contributed by atoms with Crippen LogP contribution in [0.2, 0.25) is 0 Å². The van der Waals surface area contributed by atoms with Crippen LogP contribution in [0.1, 0.15) is 64.2 Å². The Morgan fingerprint density at radius 2 is 1.68 bits per heavy atom. The number of fused-ring (bicyclic) bond motifs is 1. The zero-order valence-electron chi connectivity index (χ0n) is 19.2. The van der Waals surface area contributed by atoms with E-state index in [0.717, 1.165) is 5.56 Å². The van der Waals surface area contributed by atoms with Crippen molar-refractivity contribution in [2.75, 3.05) is 0 Å². The first-order valence-corrected chi connectivity index (χ1v) is 11.0. The van der Waals surface area contributed by atoms with Gasteiger partial charge in [0.05, 0.1) is 6.04 Å². The Bertz CT molecular complexity index is 1250. The van der Waals surface area contributed by atoms with Crippen LogP contribution in [0.15, 0.2) is 66.7 Å². The van der Waals surface area contributed by atoms with Gasteiger partial charge in [-0.3, -0.25) is 9.59 Å². The molecule has 1 heterocycles. The molecule has 3 aromatic carbocycles. The number of benzene rings is 3. The quantitative estimate of drug-likeness (QED) is 0.406. The van der Waals surface area contributed by atoms with Gasteiger partial charge in [0.15, 0.2) is 5.78 Å². The van der Waals surface area contributed by atoms with Crippen molar-refractivity contribution in [2.45, 2.75) is 38.5 Å². The highest BCUT2D eigenvalue weighted by Gasteiger charge is 2.44. The smallest absolute Gasteiger partial charge is 0.251 e. The predicted octanol–water partition coefficient (Wildman–Crippen LogP) is 5.20. The van der Waals surface area contributed by atoms with Gasteiger partial charge in [0, 0.05) is 22.3 Å². The number of carbonyl (C=O) groups is 2. The molecule has 0 saturated carbocycles. The number of aliphatic hydroxyl groups excluding tert-OH is 1. The fraction of sp³-hybridized carbons (Fsp3) is 0.214. The van der Waals surface area contributed by atoms with Crippen molar-refractivity contribution in [3.05, 3.63) is 100 Å². The molecule has 2 N–H and O–H groups in total. The highest BCUT2D eigenvalue weighted by atomic mass is 19.1. The van der Waals surface area contributed by atoms with Crippen LogP contribution in [0, 0.1) is 5.82 Å². The Balaban J connectivity index is 1.80. The van der Waals surface area contributed by atoms with Crippen molar-refractivity contribution in [1.82, 2.24) is 5.32 Å². The van der Waals surface area contributed by atoms with Crippen LogP contribution in [0.25, 0.3) is 12.2 Å². The molecule has 4 rings (SSSR count). The molecule has 0 spiro atoms. The Hall–Kier alpha value is -3.77. The van der Waals surface area contributed by atoms with Gasteiger partial charge in [-0.2, -0.15) is 0 Å². The average molecular weight is 460 g/mol. The maximum absolute atomic E-state index is 13.3. The zero-order valence-corrected chi connectivity index (χ0v) is 19.2. The molecule has 1 aliphatic heterocycles. The summed E-state index contributed by atoms with van der Waals surface area (Å²) in [5.74, 6) is -0.589. The number of amides is 1. The fourth-order valence-electron chi connectivity index (χ4n) is 3.98. The van der Waals surface area contributed by atoms with Crippen molar-refractivity contribution in [2.24, 2.45) is 0 Å². The first kappa shape index (κ1) is 23.4. The summed E-state index contributed by atoms with van der Waals surface area (Å²) in [7, 11) is 0. The van der Waals surface area contributed by atoms with E-state index in [2.05, 4.69) is 5.32 Å². The lowest BCUT2D eigenvalue weighted by Crippen LogP contribution is -2.53. The number of carbonyl (C=O) groups excluding carboxylic acids is 2. The summed E-state index contributed by atoms with van der Waals surface area (Å²) in [5.41, 5.74) is 1.80. The second-order valence-electron chi connectivity index (χ2n) is 8.89. The minimum Gasteiger partial charge on any atom is -0.484 e. The standard InChI is InChI=1S/C28H26FNO4/c1-17(31)21-15-20(10-9-18-7-5-4-6-8-18)25-23(16-21)24(26(32)28(2,3)34-25)30-27(33)19-11-13-22(29)14-12-19/h4-16,24,26,32H,1-3H3,(H,30,33). The highest BCUT2D eigenvalue weighted by Crippen LogP contribution is 2.43. The topological polar surface area (TPSA) is 75.6 Å². The van der Waals surface area contributed by atoms with E-state index in [1.807, 2.05) is 42.5 Å². The molecule has 0 saturated heterocycles. The summed E-state index contributed by atoms with van der Waals surface area (Å²) in [4.78, 5) is 25.2. The number of Topliss-reactive ketones (excluding diaryl/α,β-unsaturated/α-hetero) is 1. The maximum atomic E-state index is 13.3. The summed E-state index contributed by atoms with van der Waals surface area (Å²) in [6.45, 7) is 4.94. The SMILES string of the molecule is CC(=O)c1cc(C=Cc2ccccc2)c2c(c1)C(NC(=O)c1ccc(F)cc1)C(O)C(C)(C)O2. The molecule has 0 radical (unpaired) electrons. The molecule has 0 bridgehead atoms. The number of hydrogen-bond acceptors (Lipinski definition) is 4. The zero-order chi connectivity index (χ0) is 24.5. The maximum Gasteiger partial charge on any atom is 0.251 e. The third kappa shape index (κ3) is 4.77. The second-order valence-corrected chi connectivity index (χ2v) is 8.89. The summed E-state index contributed by atoms with van der Waals surface area (Å²) in [6.07, 6.45) is 2.66. The molecular weight excluding hydrogens is 433 g/mol. The van der Waals surface area contributed by atoms with Crippen molar-refractivity contribution < 1.29 is 23.8 Å². The summed E-state index contributed by atoms with van der Waals surface area (Å²) < 4.78 is 19.5. The molecule has 6 heteroatoms. The van der Waals surface area contributed by atoms with E-state index in [1.54, 1.807) is 26.0 Å². The molecule has 5 nitrogen and oxygen atoms in total. The Kier molecular flexibility index (Phi) is 6.35. The average Bonchev–Trinajstić information content (AvgIpc) is 2.81. The lowest BCUT2D eigenvalue weighted by Gasteiger charge is -2.43. The minimum absolute atomic E-state index is 0.153. The monoisotopic (exact) mass is 459 g/mol. The lowest BCUT2D eigenvalue weighted by atomic mass is 9.84. The molecule has 0 aromatic heterocycles. The van der Waals surface area contributed by atoms with Crippen LogP contribution in [0.3, 0.4) is 0 Å². The first-order chi connectivity index (χ1) is 16.2. The van der Waals surface area contributed by atoms with Gasteiger partial charge in [-0.1, -0.05) is 42.5 Å². The Morgan fingerprint density at radius 3 is 2.32 bits per heavy atom. The predicted molar refractivity (Wildman–Crippen MR) is 129 cm³/mol. The molecule has 0 aliphatic carbocycles. The summed E-state index contributed by atoms with van der Waals surface area (Å²) >= 11 is 0. The van der Waals surface area contributed by atoms with Crippen molar-refractivity contribution in [1.29, 1.82) is 0 Å². The molecule has 2 unspecified atom stereocenters. The molecular formula is C28H26FNO4. The number of halogens is 1. The van der Waals surface area contributed by atoms with E-state index >= 15 is 0 Å². The Labute approximate surface area is 197 Å². The van der Waals surface area contributed by atoms with Gasteiger partial charge in [-0.05, 0) is 62.7 Å². The van der Waals surface area contributed by atoms with Crippen LogP contribution in [0.5, 0.6) is 5.75 Å².